The molecule has 1 unspecified atom stereocenters. The van der Waals surface area contributed by atoms with Crippen LogP contribution < -0.4 is 5.32 Å². The Balaban J connectivity index is 1.37. The van der Waals surface area contributed by atoms with Gasteiger partial charge < -0.3 is 4.90 Å². The van der Waals surface area contributed by atoms with Gasteiger partial charge in [0.05, 0.1) is 17.4 Å². The molecule has 1 saturated heterocycles. The zero-order valence-electron chi connectivity index (χ0n) is 17.0. The van der Waals surface area contributed by atoms with Crippen LogP contribution >= 0.6 is 0 Å². The molecule has 0 saturated carbocycles. The predicted molar refractivity (Wildman–Crippen MR) is 108 cm³/mol. The fraction of sp³-hybridized carbons (Fsp3) is 0.227. The third kappa shape index (κ3) is 3.75. The molecule has 0 spiro atoms. The van der Waals surface area contributed by atoms with Gasteiger partial charge in [-0.05, 0) is 42.3 Å². The number of nitrogens with one attached hydrogen (secondary N) is 1. The molecule has 2 aliphatic heterocycles. The maximum absolute atomic E-state index is 12.8. The Labute approximate surface area is 185 Å². The van der Waals surface area contributed by atoms with Gasteiger partial charge in [0.1, 0.15) is 11.7 Å². The minimum absolute atomic E-state index is 0.174. The van der Waals surface area contributed by atoms with Crippen molar-refractivity contribution in [1.29, 1.82) is 0 Å². The second kappa shape index (κ2) is 7.54. The van der Waals surface area contributed by atoms with Gasteiger partial charge >= 0.3 is 6.18 Å². The fourth-order valence-corrected chi connectivity index (χ4v) is 4.06. The molecule has 0 aliphatic carbocycles. The summed E-state index contributed by atoms with van der Waals surface area (Å²) in [5.74, 6) is -1.11. The van der Waals surface area contributed by atoms with Crippen molar-refractivity contribution in [3.05, 3.63) is 65.4 Å². The Bertz CT molecular complexity index is 1280. The van der Waals surface area contributed by atoms with Crippen molar-refractivity contribution < 1.29 is 27.6 Å². The molecule has 3 amide bonds. The first-order valence-electron chi connectivity index (χ1n) is 10.1. The minimum Gasteiger partial charge on any atom is -0.322 e. The largest absolute Gasteiger partial charge is 0.416 e. The Morgan fingerprint density at radius 3 is 2.48 bits per heavy atom. The van der Waals surface area contributed by atoms with Gasteiger partial charge in [0.15, 0.2) is 0 Å². The van der Waals surface area contributed by atoms with Gasteiger partial charge in [-0.3, -0.25) is 19.7 Å². The van der Waals surface area contributed by atoms with Crippen LogP contribution in [0.5, 0.6) is 0 Å². The lowest BCUT2D eigenvalue weighted by atomic mass is 10.0. The highest BCUT2D eigenvalue weighted by atomic mass is 19.4. The molecule has 1 fully saturated rings. The fourth-order valence-electron chi connectivity index (χ4n) is 4.06. The minimum atomic E-state index is -4.42. The third-order valence-corrected chi connectivity index (χ3v) is 5.77. The molecule has 2 aliphatic rings. The summed E-state index contributed by atoms with van der Waals surface area (Å²) in [5.41, 5.74) is 1.90. The van der Waals surface area contributed by atoms with Crippen molar-refractivity contribution in [2.75, 3.05) is 0 Å². The molecule has 11 heteroatoms. The van der Waals surface area contributed by atoms with E-state index in [1.54, 1.807) is 24.4 Å². The van der Waals surface area contributed by atoms with Crippen LogP contribution in [0.15, 0.2) is 48.7 Å². The lowest BCUT2D eigenvalue weighted by Crippen LogP contribution is -2.52. The average molecular weight is 455 g/mol. The van der Waals surface area contributed by atoms with E-state index in [2.05, 4.69) is 15.6 Å². The summed E-state index contributed by atoms with van der Waals surface area (Å²) in [6.45, 7) is 0.217. The number of hydrogen-bond acceptors (Lipinski definition) is 5. The highest BCUT2D eigenvalue weighted by Gasteiger charge is 2.39. The first-order chi connectivity index (χ1) is 15.7. The molecule has 168 valence electrons. The van der Waals surface area contributed by atoms with Crippen molar-refractivity contribution >= 4 is 17.7 Å². The molecule has 1 aromatic heterocycles. The number of hydrogen-bond donors (Lipinski definition) is 1. The van der Waals surface area contributed by atoms with Crippen LogP contribution in [0.25, 0.3) is 16.9 Å². The topological polar surface area (TPSA) is 97.2 Å². The number of imide groups is 1. The second-order valence-corrected chi connectivity index (χ2v) is 7.86. The van der Waals surface area contributed by atoms with Crippen LogP contribution in [-0.2, 0) is 22.3 Å². The number of carbonyl (C=O) groups is 3. The van der Waals surface area contributed by atoms with Gasteiger partial charge in [0, 0.05) is 24.1 Å². The Morgan fingerprint density at radius 1 is 1.03 bits per heavy atom. The van der Waals surface area contributed by atoms with E-state index in [0.717, 1.165) is 12.1 Å². The zero-order chi connectivity index (χ0) is 23.3. The Kier molecular flexibility index (Phi) is 4.76. The third-order valence-electron chi connectivity index (χ3n) is 5.77. The molecule has 0 radical (unpaired) electrons. The van der Waals surface area contributed by atoms with Gasteiger partial charge in [0.25, 0.3) is 5.91 Å². The van der Waals surface area contributed by atoms with Crippen molar-refractivity contribution in [2.45, 2.75) is 31.6 Å². The summed E-state index contributed by atoms with van der Waals surface area (Å²) in [6.07, 6.45) is -2.39. The normalized spacial score (nSPS) is 18.5. The number of alkyl halides is 3. The first kappa shape index (κ1) is 20.9. The van der Waals surface area contributed by atoms with Gasteiger partial charge in [-0.25, -0.2) is 4.68 Å². The van der Waals surface area contributed by atoms with Crippen molar-refractivity contribution in [3.8, 4) is 16.9 Å². The standard InChI is InChI=1S/C22H16F3N5O3/c23-22(24,25)14-3-1-12(2-4-14)17-11-30(28-27-17)15-5-6-16-13(9-15)10-29(21(16)33)18-7-8-19(31)26-20(18)32/h1-6,9,11,18H,7-8,10H2,(H,26,31,32). The second-order valence-electron chi connectivity index (χ2n) is 7.86. The van der Waals surface area contributed by atoms with Crippen LogP contribution in [0, 0.1) is 0 Å². The van der Waals surface area contributed by atoms with Gasteiger partial charge in [-0.2, -0.15) is 13.2 Å². The summed E-state index contributed by atoms with van der Waals surface area (Å²) in [6, 6.07) is 8.99. The number of fused-ring (bicyclic) bond motifs is 1. The number of amides is 3. The van der Waals surface area contributed by atoms with E-state index in [-0.39, 0.29) is 31.2 Å². The number of piperidine rings is 1. The van der Waals surface area contributed by atoms with Gasteiger partial charge in [0.2, 0.25) is 11.8 Å². The molecule has 2 aromatic carbocycles. The first-order valence-corrected chi connectivity index (χ1v) is 10.1. The Hall–Kier alpha value is -4.02. The maximum Gasteiger partial charge on any atom is 0.416 e. The number of nitrogens with zero attached hydrogens (tertiary/aromatic N) is 4. The maximum atomic E-state index is 12.8. The van der Waals surface area contributed by atoms with Crippen molar-refractivity contribution in [3.63, 3.8) is 0 Å². The quantitative estimate of drug-likeness (QED) is 0.613. The predicted octanol–water partition coefficient (Wildman–Crippen LogP) is 2.71. The summed E-state index contributed by atoms with van der Waals surface area (Å²) < 4.78 is 39.8. The van der Waals surface area contributed by atoms with Crippen LogP contribution in [-0.4, -0.2) is 43.7 Å². The molecule has 33 heavy (non-hydrogen) atoms. The lowest BCUT2D eigenvalue weighted by Gasteiger charge is -2.29. The Morgan fingerprint density at radius 2 is 1.79 bits per heavy atom. The molecule has 1 N–H and O–H groups in total. The molecule has 0 bridgehead atoms. The molecule has 1 atom stereocenters. The van der Waals surface area contributed by atoms with E-state index >= 15 is 0 Å². The van der Waals surface area contributed by atoms with Gasteiger partial charge in [-0.15, -0.1) is 5.10 Å². The molecule has 3 heterocycles. The smallest absolute Gasteiger partial charge is 0.322 e. The van der Waals surface area contributed by atoms with Crippen LogP contribution in [0.2, 0.25) is 0 Å². The zero-order valence-corrected chi connectivity index (χ0v) is 17.0. The van der Waals surface area contributed by atoms with Crippen LogP contribution in [0.3, 0.4) is 0 Å². The van der Waals surface area contributed by atoms with Gasteiger partial charge in [-0.1, -0.05) is 17.3 Å². The highest BCUT2D eigenvalue weighted by molar-refractivity contribution is 6.05. The highest BCUT2D eigenvalue weighted by Crippen LogP contribution is 2.31. The van der Waals surface area contributed by atoms with E-state index in [1.807, 2.05) is 0 Å². The van der Waals surface area contributed by atoms with E-state index < -0.39 is 23.7 Å². The lowest BCUT2D eigenvalue weighted by molar-refractivity contribution is -0.138. The van der Waals surface area contributed by atoms with E-state index in [1.165, 1.54) is 21.7 Å². The molecule has 8 nitrogen and oxygen atoms in total. The number of halogens is 3. The molecule has 5 rings (SSSR count). The van der Waals surface area contributed by atoms with E-state index in [4.69, 9.17) is 0 Å². The molecule has 3 aromatic rings. The number of aromatic nitrogens is 3. The van der Waals surface area contributed by atoms with Crippen molar-refractivity contribution in [1.82, 2.24) is 25.2 Å². The van der Waals surface area contributed by atoms with Crippen LogP contribution in [0.1, 0.15) is 34.3 Å². The molecular weight excluding hydrogens is 439 g/mol. The number of benzene rings is 2. The summed E-state index contributed by atoms with van der Waals surface area (Å²) >= 11 is 0. The summed E-state index contributed by atoms with van der Waals surface area (Å²) in [5, 5.41) is 10.4. The van der Waals surface area contributed by atoms with Crippen molar-refractivity contribution in [2.24, 2.45) is 0 Å². The summed E-state index contributed by atoms with van der Waals surface area (Å²) in [7, 11) is 0. The average Bonchev–Trinajstić information content (AvgIpc) is 3.39. The number of rotatable bonds is 3. The molecular formula is C22H16F3N5O3. The van der Waals surface area contributed by atoms with Crippen LogP contribution in [0.4, 0.5) is 13.2 Å². The number of carbonyl (C=O) groups excluding carboxylic acids is 3. The summed E-state index contributed by atoms with van der Waals surface area (Å²) in [4.78, 5) is 37.8. The monoisotopic (exact) mass is 455 g/mol. The van der Waals surface area contributed by atoms with E-state index in [9.17, 15) is 27.6 Å². The SMILES string of the molecule is O=C1CCC(N2Cc3cc(-n4cc(-c5ccc(C(F)(F)F)cc5)nn4)ccc3C2=O)C(=O)N1. The van der Waals surface area contributed by atoms with E-state index in [0.29, 0.717) is 28.1 Å².